The van der Waals surface area contributed by atoms with E-state index in [1.807, 2.05) is 12.1 Å². The van der Waals surface area contributed by atoms with Crippen LogP contribution in [0.15, 0.2) is 32.8 Å². The van der Waals surface area contributed by atoms with E-state index < -0.39 is 4.92 Å². The van der Waals surface area contributed by atoms with Crippen molar-refractivity contribution in [3.8, 4) is 0 Å². The van der Waals surface area contributed by atoms with Crippen molar-refractivity contribution in [2.24, 2.45) is 0 Å². The Morgan fingerprint density at radius 2 is 2.17 bits per heavy atom. The summed E-state index contributed by atoms with van der Waals surface area (Å²) in [7, 11) is 0. The molecule has 0 aliphatic heterocycles. The lowest BCUT2D eigenvalue weighted by molar-refractivity contribution is -0.384. The van der Waals surface area contributed by atoms with Crippen LogP contribution in [0.3, 0.4) is 0 Å². The van der Waals surface area contributed by atoms with Crippen LogP contribution in [0.25, 0.3) is 0 Å². The van der Waals surface area contributed by atoms with Gasteiger partial charge in [0.1, 0.15) is 11.9 Å². The van der Waals surface area contributed by atoms with Gasteiger partial charge >= 0.3 is 5.69 Å². The molecule has 0 saturated heterocycles. The molecular formula is C10H7Br2N3O2S. The highest BCUT2D eigenvalue weighted by atomic mass is 79.9. The molecule has 0 fully saturated rings. The fourth-order valence-electron chi connectivity index (χ4n) is 1.36. The van der Waals surface area contributed by atoms with E-state index in [1.54, 1.807) is 11.3 Å². The van der Waals surface area contributed by atoms with Gasteiger partial charge in [-0.05, 0) is 44.0 Å². The lowest BCUT2D eigenvalue weighted by Crippen LogP contribution is -2.02. The second kappa shape index (κ2) is 5.77. The normalized spacial score (nSPS) is 10.3. The van der Waals surface area contributed by atoms with Crippen molar-refractivity contribution in [3.63, 3.8) is 0 Å². The first kappa shape index (κ1) is 13.4. The highest BCUT2D eigenvalue weighted by molar-refractivity contribution is 9.11. The van der Waals surface area contributed by atoms with E-state index in [2.05, 4.69) is 42.2 Å². The average Bonchev–Trinajstić information content (AvgIpc) is 2.73. The third-order valence-electron chi connectivity index (χ3n) is 2.14. The van der Waals surface area contributed by atoms with Gasteiger partial charge in [-0.3, -0.25) is 15.1 Å². The molecule has 2 aromatic rings. The van der Waals surface area contributed by atoms with Crippen LogP contribution in [0.1, 0.15) is 4.88 Å². The van der Waals surface area contributed by atoms with Crippen LogP contribution < -0.4 is 5.32 Å². The summed E-state index contributed by atoms with van der Waals surface area (Å²) < 4.78 is 1.61. The summed E-state index contributed by atoms with van der Waals surface area (Å²) in [4.78, 5) is 15.3. The maximum atomic E-state index is 10.9. The van der Waals surface area contributed by atoms with Crippen molar-refractivity contribution < 1.29 is 4.92 Å². The minimum Gasteiger partial charge on any atom is -0.374 e. The Hall–Kier alpha value is -0.990. The maximum absolute atomic E-state index is 10.9. The van der Waals surface area contributed by atoms with Gasteiger partial charge in [-0.1, -0.05) is 0 Å². The van der Waals surface area contributed by atoms with Gasteiger partial charge in [0.15, 0.2) is 0 Å². The Morgan fingerprint density at radius 1 is 1.39 bits per heavy atom. The van der Waals surface area contributed by atoms with E-state index in [0.29, 0.717) is 16.7 Å². The van der Waals surface area contributed by atoms with Crippen molar-refractivity contribution >= 4 is 54.6 Å². The fraction of sp³-hybridized carbons (Fsp3) is 0.100. The van der Waals surface area contributed by atoms with Crippen molar-refractivity contribution in [2.75, 3.05) is 5.32 Å². The summed E-state index contributed by atoms with van der Waals surface area (Å²) in [5.74, 6) is 0. The van der Waals surface area contributed by atoms with E-state index >= 15 is 0 Å². The third kappa shape index (κ3) is 3.06. The number of rotatable bonds is 4. The zero-order valence-electron chi connectivity index (χ0n) is 8.89. The minimum absolute atomic E-state index is 0.0417. The molecular weight excluding hydrogens is 386 g/mol. The number of nitrogens with zero attached hydrogens (tertiary/aromatic N) is 2. The molecule has 0 aliphatic carbocycles. The van der Waals surface area contributed by atoms with E-state index in [-0.39, 0.29) is 5.69 Å². The van der Waals surface area contributed by atoms with Crippen molar-refractivity contribution in [1.82, 2.24) is 4.98 Å². The Bertz CT molecular complexity index is 588. The summed E-state index contributed by atoms with van der Waals surface area (Å²) in [5.41, 5.74) is 0.402. The highest BCUT2D eigenvalue weighted by Gasteiger charge is 2.17. The molecule has 18 heavy (non-hydrogen) atoms. The topological polar surface area (TPSA) is 68.1 Å². The summed E-state index contributed by atoms with van der Waals surface area (Å²) >= 11 is 8.21. The van der Waals surface area contributed by atoms with Crippen LogP contribution >= 0.6 is 43.2 Å². The number of hydrogen-bond donors (Lipinski definition) is 1. The molecule has 0 atom stereocenters. The van der Waals surface area contributed by atoms with E-state index in [0.717, 1.165) is 8.66 Å². The zero-order chi connectivity index (χ0) is 13.1. The molecule has 2 aromatic heterocycles. The Labute approximate surface area is 124 Å². The monoisotopic (exact) mass is 391 g/mol. The summed E-state index contributed by atoms with van der Waals surface area (Å²) in [6.07, 6.45) is 2.76. The first-order valence-corrected chi connectivity index (χ1v) is 7.24. The quantitative estimate of drug-likeness (QED) is 0.625. The van der Waals surface area contributed by atoms with Crippen LogP contribution in [0.2, 0.25) is 0 Å². The molecule has 0 aliphatic rings. The zero-order valence-corrected chi connectivity index (χ0v) is 12.9. The molecule has 2 heterocycles. The Balaban J connectivity index is 2.20. The SMILES string of the molecule is O=[N+]([O-])c1cncc(Br)c1NCc1ccc(Br)s1. The van der Waals surface area contributed by atoms with Crippen molar-refractivity contribution in [2.45, 2.75) is 6.54 Å². The van der Waals surface area contributed by atoms with Gasteiger partial charge in [0.25, 0.3) is 0 Å². The molecule has 2 rings (SSSR count). The van der Waals surface area contributed by atoms with Gasteiger partial charge in [0.05, 0.1) is 13.2 Å². The van der Waals surface area contributed by atoms with Gasteiger partial charge in [-0.2, -0.15) is 0 Å². The fourth-order valence-corrected chi connectivity index (χ4v) is 3.24. The second-order valence-electron chi connectivity index (χ2n) is 3.33. The van der Waals surface area contributed by atoms with Crippen molar-refractivity contribution in [3.05, 3.63) is 47.8 Å². The molecule has 0 radical (unpaired) electrons. The minimum atomic E-state index is -0.454. The lowest BCUT2D eigenvalue weighted by atomic mass is 10.3. The van der Waals surface area contributed by atoms with E-state index in [1.165, 1.54) is 12.4 Å². The molecule has 8 heteroatoms. The molecule has 0 amide bonds. The van der Waals surface area contributed by atoms with E-state index in [4.69, 9.17) is 0 Å². The number of aromatic nitrogens is 1. The first-order valence-electron chi connectivity index (χ1n) is 4.84. The van der Waals surface area contributed by atoms with Gasteiger partial charge in [0.2, 0.25) is 0 Å². The standard InChI is InChI=1S/C10H7Br2N3O2S/c11-7-4-13-5-8(15(16)17)10(7)14-3-6-1-2-9(12)18-6/h1-2,4-5H,3H2,(H,13,14). The smallest absolute Gasteiger partial charge is 0.311 e. The number of halogens is 2. The largest absolute Gasteiger partial charge is 0.374 e. The van der Waals surface area contributed by atoms with Crippen LogP contribution in [-0.2, 0) is 6.54 Å². The molecule has 5 nitrogen and oxygen atoms in total. The molecule has 0 bridgehead atoms. The Morgan fingerprint density at radius 3 is 2.78 bits per heavy atom. The maximum Gasteiger partial charge on any atom is 0.311 e. The van der Waals surface area contributed by atoms with Gasteiger partial charge < -0.3 is 5.32 Å². The van der Waals surface area contributed by atoms with Crippen LogP contribution in [-0.4, -0.2) is 9.91 Å². The molecule has 0 aromatic carbocycles. The van der Waals surface area contributed by atoms with Gasteiger partial charge in [-0.25, -0.2) is 0 Å². The number of hydrogen-bond acceptors (Lipinski definition) is 5. The molecule has 0 saturated carbocycles. The highest BCUT2D eigenvalue weighted by Crippen LogP contribution is 2.32. The number of nitrogens with one attached hydrogen (secondary N) is 1. The lowest BCUT2D eigenvalue weighted by Gasteiger charge is -2.07. The number of pyridine rings is 1. The molecule has 1 N–H and O–H groups in total. The molecule has 0 unspecified atom stereocenters. The van der Waals surface area contributed by atoms with Gasteiger partial charge in [0, 0.05) is 17.6 Å². The summed E-state index contributed by atoms with van der Waals surface area (Å²) in [5, 5.41) is 13.9. The summed E-state index contributed by atoms with van der Waals surface area (Å²) in [6, 6.07) is 3.90. The number of thiophene rings is 1. The molecule has 0 spiro atoms. The van der Waals surface area contributed by atoms with Crippen molar-refractivity contribution in [1.29, 1.82) is 0 Å². The Kier molecular flexibility index (Phi) is 4.31. The average molecular weight is 393 g/mol. The van der Waals surface area contributed by atoms with Crippen LogP contribution in [0, 0.1) is 10.1 Å². The number of nitro groups is 1. The van der Waals surface area contributed by atoms with E-state index in [9.17, 15) is 10.1 Å². The second-order valence-corrected chi connectivity index (χ2v) is 6.73. The predicted octanol–water partition coefficient (Wildman–Crippen LogP) is 4.19. The number of anilines is 1. The van der Waals surface area contributed by atoms with Gasteiger partial charge in [-0.15, -0.1) is 11.3 Å². The predicted molar refractivity (Wildman–Crippen MR) is 77.9 cm³/mol. The molecule has 94 valence electrons. The van der Waals surface area contributed by atoms with Crippen LogP contribution in [0.5, 0.6) is 0 Å². The van der Waals surface area contributed by atoms with Crippen LogP contribution in [0.4, 0.5) is 11.4 Å². The summed E-state index contributed by atoms with van der Waals surface area (Å²) in [6.45, 7) is 0.527. The third-order valence-corrected chi connectivity index (χ3v) is 4.37. The first-order chi connectivity index (χ1) is 8.58.